The van der Waals surface area contributed by atoms with Gasteiger partial charge in [0.25, 0.3) is 0 Å². The first-order chi connectivity index (χ1) is 3.00. The molecule has 0 N–H and O–H groups in total. The number of nitrogens with zero attached hydrogens (tertiary/aromatic N) is 1. The molecular formula is C4H4NS. The van der Waals surface area contributed by atoms with Crippen LogP contribution in [-0.4, -0.2) is 6.21 Å². The molecule has 0 aromatic rings. The van der Waals surface area contributed by atoms with Crippen LogP contribution < -0.4 is 0 Å². The zero-order valence-electron chi connectivity index (χ0n) is 3.16. The second-order valence-electron chi connectivity index (χ2n) is 0.855. The molecule has 0 bridgehead atoms. The number of hydrogen-bond donors (Lipinski definition) is 0. The van der Waals surface area contributed by atoms with E-state index < -0.39 is 0 Å². The van der Waals surface area contributed by atoms with E-state index in [0.29, 0.717) is 0 Å². The van der Waals surface area contributed by atoms with Gasteiger partial charge in [-0.3, -0.25) is 4.99 Å². The molecule has 0 fully saturated rings. The van der Waals surface area contributed by atoms with Crippen molar-refractivity contribution < 1.29 is 0 Å². The molecule has 0 unspecified atom stereocenters. The van der Waals surface area contributed by atoms with E-state index in [0.717, 1.165) is 0 Å². The fraction of sp³-hybridized carbons (Fsp3) is 0. The van der Waals surface area contributed by atoms with Crippen LogP contribution in [0.5, 0.6) is 0 Å². The molecular weight excluding hydrogens is 94.1 g/mol. The highest BCUT2D eigenvalue weighted by molar-refractivity contribution is 8.04. The minimum Gasteiger partial charge on any atom is -0.267 e. The largest absolute Gasteiger partial charge is 0.267 e. The summed E-state index contributed by atoms with van der Waals surface area (Å²) in [4.78, 5) is 3.80. The molecule has 2 heteroatoms. The van der Waals surface area contributed by atoms with Gasteiger partial charge in [-0.1, -0.05) is 0 Å². The molecule has 0 aliphatic carbocycles. The van der Waals surface area contributed by atoms with Gasteiger partial charge in [-0.15, -0.1) is 11.8 Å². The third kappa shape index (κ3) is 0.863. The lowest BCUT2D eigenvalue weighted by molar-refractivity contribution is 1.61. The maximum absolute atomic E-state index is 3.80. The van der Waals surface area contributed by atoms with Gasteiger partial charge in [-0.25, -0.2) is 0 Å². The molecule has 0 spiro atoms. The van der Waals surface area contributed by atoms with Crippen LogP contribution in [0.15, 0.2) is 16.6 Å². The van der Waals surface area contributed by atoms with Gasteiger partial charge >= 0.3 is 0 Å². The Morgan fingerprint density at radius 3 is 2.67 bits per heavy atom. The standard InChI is InChI=1S/C4H4NS/c1-3-6-4-2-5-1/h1-4H. The lowest BCUT2D eigenvalue weighted by Crippen LogP contribution is -1.69. The van der Waals surface area contributed by atoms with Crippen molar-refractivity contribution in [3.05, 3.63) is 17.4 Å². The van der Waals surface area contributed by atoms with E-state index in [1.807, 2.05) is 11.2 Å². The molecule has 0 atom stereocenters. The first kappa shape index (κ1) is 3.93. The minimum atomic E-state index is 1.64. The van der Waals surface area contributed by atoms with Gasteiger partial charge in [-0.2, -0.15) is 0 Å². The summed E-state index contributed by atoms with van der Waals surface area (Å²) in [5.41, 5.74) is 0. The van der Waals surface area contributed by atoms with Crippen LogP contribution in [0, 0.1) is 5.75 Å². The Kier molecular flexibility index (Phi) is 1.33. The molecule has 1 aliphatic rings. The van der Waals surface area contributed by atoms with E-state index in [-0.39, 0.29) is 0 Å². The Balaban J connectivity index is 2.46. The number of hydrogen-bond acceptors (Lipinski definition) is 2. The molecule has 1 heterocycles. The zero-order valence-corrected chi connectivity index (χ0v) is 3.98. The summed E-state index contributed by atoms with van der Waals surface area (Å²) in [5, 5.41) is 1.93. The van der Waals surface area contributed by atoms with Crippen molar-refractivity contribution in [2.45, 2.75) is 0 Å². The Morgan fingerprint density at radius 1 is 1.50 bits per heavy atom. The molecule has 0 saturated heterocycles. The average Bonchev–Trinajstić information content (AvgIpc) is 1.72. The Morgan fingerprint density at radius 2 is 2.50 bits per heavy atom. The third-order valence-electron chi connectivity index (χ3n) is 0.451. The van der Waals surface area contributed by atoms with Crippen molar-refractivity contribution in [2.24, 2.45) is 4.99 Å². The van der Waals surface area contributed by atoms with Crippen LogP contribution in [-0.2, 0) is 0 Å². The van der Waals surface area contributed by atoms with Crippen molar-refractivity contribution >= 4 is 18.0 Å². The van der Waals surface area contributed by atoms with E-state index in [1.165, 1.54) is 0 Å². The second-order valence-corrected chi connectivity index (χ2v) is 1.67. The molecule has 1 aliphatic heterocycles. The first-order valence-electron chi connectivity index (χ1n) is 1.65. The van der Waals surface area contributed by atoms with Crippen LogP contribution in [0.4, 0.5) is 0 Å². The Bertz CT molecular complexity index is 73.5. The Labute approximate surface area is 41.2 Å². The van der Waals surface area contributed by atoms with Gasteiger partial charge in [0, 0.05) is 12.4 Å². The fourth-order valence-corrected chi connectivity index (χ4v) is 0.607. The van der Waals surface area contributed by atoms with Crippen LogP contribution in [0.25, 0.3) is 0 Å². The van der Waals surface area contributed by atoms with Gasteiger partial charge in [-0.05, 0) is 5.41 Å². The summed E-state index contributed by atoms with van der Waals surface area (Å²) in [6.07, 6.45) is 3.54. The van der Waals surface area contributed by atoms with E-state index in [2.05, 4.69) is 4.99 Å². The van der Waals surface area contributed by atoms with Crippen LogP contribution in [0.1, 0.15) is 0 Å². The molecule has 0 aromatic carbocycles. The fourth-order valence-electron chi connectivity index (χ4n) is 0.236. The van der Waals surface area contributed by atoms with Crippen molar-refractivity contribution in [1.82, 2.24) is 0 Å². The molecule has 1 nitrogen and oxygen atoms in total. The summed E-state index contributed by atoms with van der Waals surface area (Å²) >= 11 is 1.64. The normalized spacial score (nSPS) is 18.7. The van der Waals surface area contributed by atoms with Crippen molar-refractivity contribution in [1.29, 1.82) is 0 Å². The van der Waals surface area contributed by atoms with Gasteiger partial charge in [0.2, 0.25) is 0 Å². The SMILES string of the molecule is [CH]1C=NC=CS1. The van der Waals surface area contributed by atoms with E-state index in [1.54, 1.807) is 24.2 Å². The van der Waals surface area contributed by atoms with E-state index >= 15 is 0 Å². The summed E-state index contributed by atoms with van der Waals surface area (Å²) in [7, 11) is 0. The van der Waals surface area contributed by atoms with Crippen LogP contribution >= 0.6 is 11.8 Å². The van der Waals surface area contributed by atoms with Crippen molar-refractivity contribution in [3.8, 4) is 0 Å². The average molecular weight is 98.2 g/mol. The third-order valence-corrected chi connectivity index (χ3v) is 1.01. The first-order valence-corrected chi connectivity index (χ1v) is 2.60. The molecule has 0 saturated carbocycles. The van der Waals surface area contributed by atoms with Gasteiger partial charge in [0.1, 0.15) is 0 Å². The molecule has 0 aromatic heterocycles. The van der Waals surface area contributed by atoms with Gasteiger partial charge in [0.05, 0.1) is 5.75 Å². The summed E-state index contributed by atoms with van der Waals surface area (Å²) in [5.74, 6) is 1.93. The smallest absolute Gasteiger partial charge is 0.0614 e. The summed E-state index contributed by atoms with van der Waals surface area (Å²) < 4.78 is 0. The highest BCUT2D eigenvalue weighted by Crippen LogP contribution is 2.07. The topological polar surface area (TPSA) is 12.4 Å². The molecule has 31 valence electrons. The highest BCUT2D eigenvalue weighted by Gasteiger charge is 1.79. The minimum absolute atomic E-state index is 1.64. The number of thioether (sulfide) groups is 1. The maximum atomic E-state index is 3.80. The van der Waals surface area contributed by atoms with Crippen LogP contribution in [0.3, 0.4) is 0 Å². The zero-order chi connectivity index (χ0) is 4.24. The second kappa shape index (κ2) is 2.03. The molecule has 6 heavy (non-hydrogen) atoms. The van der Waals surface area contributed by atoms with E-state index in [9.17, 15) is 0 Å². The monoisotopic (exact) mass is 98.0 g/mol. The Hall–Kier alpha value is -0.240. The predicted octanol–water partition coefficient (Wildman–Crippen LogP) is 1.44. The van der Waals surface area contributed by atoms with Crippen molar-refractivity contribution in [3.63, 3.8) is 0 Å². The van der Waals surface area contributed by atoms with Crippen molar-refractivity contribution in [2.75, 3.05) is 0 Å². The number of aliphatic imine (C=N–C) groups is 1. The van der Waals surface area contributed by atoms with E-state index in [4.69, 9.17) is 0 Å². The molecule has 1 radical (unpaired) electrons. The van der Waals surface area contributed by atoms with Gasteiger partial charge in [0.15, 0.2) is 0 Å². The lowest BCUT2D eigenvalue weighted by Gasteiger charge is -1.87. The van der Waals surface area contributed by atoms with Gasteiger partial charge < -0.3 is 0 Å². The van der Waals surface area contributed by atoms with Crippen LogP contribution in [0.2, 0.25) is 0 Å². The maximum Gasteiger partial charge on any atom is 0.0614 e. The predicted molar refractivity (Wildman–Crippen MR) is 29.5 cm³/mol. The lowest BCUT2D eigenvalue weighted by atomic mass is 10.8. The highest BCUT2D eigenvalue weighted by atomic mass is 32.2. The summed E-state index contributed by atoms with van der Waals surface area (Å²) in [6.45, 7) is 0. The molecule has 0 amide bonds. The number of rotatable bonds is 0. The summed E-state index contributed by atoms with van der Waals surface area (Å²) in [6, 6.07) is 0. The molecule has 1 rings (SSSR count). The quantitative estimate of drug-likeness (QED) is 0.446.